The molecule has 0 bridgehead atoms. The van der Waals surface area contributed by atoms with E-state index in [2.05, 4.69) is 31.7 Å². The van der Waals surface area contributed by atoms with Crippen molar-refractivity contribution in [1.29, 1.82) is 0 Å². The van der Waals surface area contributed by atoms with Crippen LogP contribution in [0, 0.1) is 0 Å². The molecule has 2 rings (SSSR count). The van der Waals surface area contributed by atoms with E-state index >= 15 is 0 Å². The van der Waals surface area contributed by atoms with Gasteiger partial charge in [-0.25, -0.2) is 0 Å². The molecule has 0 aliphatic heterocycles. The van der Waals surface area contributed by atoms with Crippen LogP contribution in [0.15, 0.2) is 63.3 Å². The Balaban J connectivity index is 2.09. The van der Waals surface area contributed by atoms with Crippen LogP contribution < -0.4 is 5.43 Å². The van der Waals surface area contributed by atoms with Gasteiger partial charge in [-0.3, -0.25) is 5.43 Å². The lowest BCUT2D eigenvalue weighted by molar-refractivity contribution is 1.13. The van der Waals surface area contributed by atoms with Crippen LogP contribution in [0.1, 0.15) is 0 Å². The van der Waals surface area contributed by atoms with Gasteiger partial charge in [0.25, 0.3) is 0 Å². The molecule has 0 unspecified atom stereocenters. The highest BCUT2D eigenvalue weighted by Crippen LogP contribution is 2.25. The van der Waals surface area contributed by atoms with Crippen molar-refractivity contribution < 1.29 is 0 Å². The fourth-order valence-electron chi connectivity index (χ4n) is 1.22. The van der Waals surface area contributed by atoms with E-state index in [0.29, 0.717) is 10.7 Å². The second kappa shape index (κ2) is 5.80. The van der Waals surface area contributed by atoms with Crippen molar-refractivity contribution in [2.75, 3.05) is 5.43 Å². The molecule has 0 atom stereocenters. The fraction of sp³-hybridized carbons (Fsp3) is 0. The van der Waals surface area contributed by atoms with Crippen LogP contribution in [0.4, 0.5) is 11.4 Å². The maximum Gasteiger partial charge on any atom is 0.106 e. The summed E-state index contributed by atoms with van der Waals surface area (Å²) in [5.41, 5.74) is 4.32. The molecule has 1 N–H and O–H groups in total. The second-order valence-corrected chi connectivity index (χ2v) is 4.50. The van der Waals surface area contributed by atoms with Crippen LogP contribution in [0.25, 0.3) is 0 Å². The topological polar surface area (TPSA) is 36.8 Å². The lowest BCUT2D eigenvalue weighted by atomic mass is 10.3. The summed E-state index contributed by atoms with van der Waals surface area (Å²) in [5.74, 6) is 0. The van der Waals surface area contributed by atoms with Gasteiger partial charge in [0.15, 0.2) is 0 Å². The molecule has 0 aliphatic rings. The van der Waals surface area contributed by atoms with Crippen LogP contribution in [0.2, 0.25) is 5.02 Å². The highest BCUT2D eigenvalue weighted by atomic mass is 79.9. The van der Waals surface area contributed by atoms with Crippen molar-refractivity contribution in [3.63, 3.8) is 0 Å². The lowest BCUT2D eigenvalue weighted by Crippen LogP contribution is -1.86. The number of hydrogen-bond donors (Lipinski definition) is 1. The molecule has 0 heterocycles. The minimum atomic E-state index is 0.574. The maximum atomic E-state index is 5.95. The van der Waals surface area contributed by atoms with Crippen molar-refractivity contribution in [3.8, 4) is 0 Å². The summed E-state index contributed by atoms with van der Waals surface area (Å²) < 4.78 is 0.929. The first-order valence-electron chi connectivity index (χ1n) is 4.93. The first kappa shape index (κ1) is 12.1. The lowest BCUT2D eigenvalue weighted by Gasteiger charge is -2.01. The zero-order valence-corrected chi connectivity index (χ0v) is 11.1. The Morgan fingerprint density at radius 1 is 1.00 bits per heavy atom. The molecule has 2 aromatic carbocycles. The van der Waals surface area contributed by atoms with E-state index in [4.69, 9.17) is 11.6 Å². The maximum absolute atomic E-state index is 5.95. The van der Waals surface area contributed by atoms with Gasteiger partial charge in [-0.05, 0) is 40.2 Å². The van der Waals surface area contributed by atoms with Gasteiger partial charge < -0.3 is 0 Å². The Morgan fingerprint density at radius 3 is 2.47 bits per heavy atom. The SMILES string of the molecule is Clc1ccccc1N=NNc1ccccc1Br. The Kier molecular flexibility index (Phi) is 4.12. The highest BCUT2D eigenvalue weighted by Gasteiger charge is 1.97. The number of anilines is 1. The smallest absolute Gasteiger partial charge is 0.106 e. The Hall–Kier alpha value is -1.39. The Labute approximate surface area is 113 Å². The minimum Gasteiger partial charge on any atom is -0.259 e. The standard InChI is InChI=1S/C12H9BrClN3/c13-9-5-1-3-7-11(9)15-17-16-12-8-4-2-6-10(12)14/h1-8H,(H,15,16). The summed E-state index contributed by atoms with van der Waals surface area (Å²) in [7, 11) is 0. The van der Waals surface area contributed by atoms with E-state index in [-0.39, 0.29) is 0 Å². The molecule has 0 radical (unpaired) electrons. The van der Waals surface area contributed by atoms with Gasteiger partial charge in [0.1, 0.15) is 5.69 Å². The molecule has 5 heteroatoms. The van der Waals surface area contributed by atoms with Gasteiger partial charge >= 0.3 is 0 Å². The summed E-state index contributed by atoms with van der Waals surface area (Å²) in [4.78, 5) is 0. The number of nitrogens with one attached hydrogen (secondary N) is 1. The number of nitrogens with zero attached hydrogens (tertiary/aromatic N) is 2. The summed E-state index contributed by atoms with van der Waals surface area (Å²) in [5, 5.41) is 8.47. The normalized spacial score (nSPS) is 10.7. The van der Waals surface area contributed by atoms with Crippen molar-refractivity contribution in [2.24, 2.45) is 10.3 Å². The molecular weight excluding hydrogens is 302 g/mol. The molecule has 0 fully saturated rings. The average molecular weight is 311 g/mol. The summed E-state index contributed by atoms with van der Waals surface area (Å²) in [6, 6.07) is 14.9. The van der Waals surface area contributed by atoms with Crippen molar-refractivity contribution >= 4 is 38.9 Å². The number of halogens is 2. The molecule has 0 aliphatic carbocycles. The van der Waals surface area contributed by atoms with Crippen LogP contribution in [-0.4, -0.2) is 0 Å². The summed E-state index contributed by atoms with van der Waals surface area (Å²) >= 11 is 9.35. The first-order chi connectivity index (χ1) is 8.27. The van der Waals surface area contributed by atoms with Crippen LogP contribution in [-0.2, 0) is 0 Å². The number of benzene rings is 2. The molecule has 0 spiro atoms. The molecule has 0 amide bonds. The molecule has 0 aromatic heterocycles. The fourth-order valence-corrected chi connectivity index (χ4v) is 1.76. The first-order valence-corrected chi connectivity index (χ1v) is 6.10. The van der Waals surface area contributed by atoms with E-state index in [1.807, 2.05) is 36.4 Å². The largest absolute Gasteiger partial charge is 0.259 e. The van der Waals surface area contributed by atoms with Crippen LogP contribution in [0.5, 0.6) is 0 Å². The van der Waals surface area contributed by atoms with E-state index in [0.717, 1.165) is 10.2 Å². The van der Waals surface area contributed by atoms with Crippen LogP contribution >= 0.6 is 27.5 Å². The summed E-state index contributed by atoms with van der Waals surface area (Å²) in [6.45, 7) is 0. The monoisotopic (exact) mass is 309 g/mol. The molecule has 86 valence electrons. The zero-order valence-electron chi connectivity index (χ0n) is 8.77. The molecule has 0 saturated heterocycles. The van der Waals surface area contributed by atoms with Gasteiger partial charge in [0, 0.05) is 4.47 Å². The van der Waals surface area contributed by atoms with Gasteiger partial charge in [0.05, 0.1) is 10.7 Å². The molecule has 2 aromatic rings. The van der Waals surface area contributed by atoms with Gasteiger partial charge in [0.2, 0.25) is 0 Å². The highest BCUT2D eigenvalue weighted by molar-refractivity contribution is 9.10. The van der Waals surface area contributed by atoms with Crippen LogP contribution in [0.3, 0.4) is 0 Å². The Morgan fingerprint density at radius 2 is 1.71 bits per heavy atom. The average Bonchev–Trinajstić information content (AvgIpc) is 2.34. The zero-order chi connectivity index (χ0) is 12.1. The van der Waals surface area contributed by atoms with E-state index in [9.17, 15) is 0 Å². The van der Waals surface area contributed by atoms with E-state index < -0.39 is 0 Å². The third-order valence-corrected chi connectivity index (χ3v) is 3.07. The Bertz CT molecular complexity index is 543. The van der Waals surface area contributed by atoms with E-state index in [1.165, 1.54) is 0 Å². The molecule has 17 heavy (non-hydrogen) atoms. The predicted molar refractivity (Wildman–Crippen MR) is 73.7 cm³/mol. The third-order valence-electron chi connectivity index (χ3n) is 2.05. The van der Waals surface area contributed by atoms with Crippen molar-refractivity contribution in [3.05, 3.63) is 58.0 Å². The number of rotatable bonds is 3. The second-order valence-electron chi connectivity index (χ2n) is 3.24. The number of para-hydroxylation sites is 1. The molecule has 3 nitrogen and oxygen atoms in total. The quantitative estimate of drug-likeness (QED) is 0.613. The van der Waals surface area contributed by atoms with E-state index in [1.54, 1.807) is 12.1 Å². The summed E-state index contributed by atoms with van der Waals surface area (Å²) in [6.07, 6.45) is 0. The predicted octanol–water partition coefficient (Wildman–Crippen LogP) is 5.21. The third kappa shape index (κ3) is 3.28. The number of hydrogen-bond acceptors (Lipinski definition) is 2. The van der Waals surface area contributed by atoms with Crippen molar-refractivity contribution in [2.45, 2.75) is 0 Å². The molecular formula is C12H9BrClN3. The van der Waals surface area contributed by atoms with Crippen molar-refractivity contribution in [1.82, 2.24) is 0 Å². The van der Waals surface area contributed by atoms with Gasteiger partial charge in [-0.15, -0.1) is 5.11 Å². The van der Waals surface area contributed by atoms with Gasteiger partial charge in [-0.2, -0.15) is 0 Å². The van der Waals surface area contributed by atoms with Gasteiger partial charge in [-0.1, -0.05) is 41.1 Å². The minimum absolute atomic E-state index is 0.574. The molecule has 0 saturated carbocycles.